The highest BCUT2D eigenvalue weighted by atomic mass is 16.7. The molecule has 1 unspecified atom stereocenters. The van der Waals surface area contributed by atoms with Crippen LogP contribution in [0.25, 0.3) is 0 Å². The minimum Gasteiger partial charge on any atom is -0.480 e. The van der Waals surface area contributed by atoms with E-state index in [9.17, 15) is 14.7 Å². The summed E-state index contributed by atoms with van der Waals surface area (Å²) >= 11 is 0. The summed E-state index contributed by atoms with van der Waals surface area (Å²) in [6.07, 6.45) is 12.6. The molecule has 2 N–H and O–H groups in total. The third kappa shape index (κ3) is 4.38. The number of allylic oxidation sites excluding steroid dienone is 1. The summed E-state index contributed by atoms with van der Waals surface area (Å²) < 4.78 is 0. The van der Waals surface area contributed by atoms with Crippen molar-refractivity contribution in [2.45, 2.75) is 91.1 Å². The number of carboxylic acids is 1. The van der Waals surface area contributed by atoms with Crippen molar-refractivity contribution in [3.05, 3.63) is 11.6 Å². The van der Waals surface area contributed by atoms with Gasteiger partial charge < -0.3 is 10.2 Å². The molecule has 186 valence electrons. The van der Waals surface area contributed by atoms with Crippen molar-refractivity contribution in [1.29, 1.82) is 0 Å². The number of carbonyl (C=O) groups excluding carboxylic acids is 1. The highest BCUT2D eigenvalue weighted by Crippen LogP contribution is 2.67. The van der Waals surface area contributed by atoms with Crippen LogP contribution in [0.5, 0.6) is 0 Å². The predicted octanol–water partition coefficient (Wildman–Crippen LogP) is 4.82. The third-order valence-electron chi connectivity index (χ3n) is 10.4. The van der Waals surface area contributed by atoms with E-state index in [-0.39, 0.29) is 17.4 Å². The van der Waals surface area contributed by atoms with Crippen molar-refractivity contribution >= 4 is 11.9 Å². The number of hydrogen-bond donors (Lipinski definition) is 2. The second-order valence-corrected chi connectivity index (χ2v) is 11.9. The van der Waals surface area contributed by atoms with E-state index in [4.69, 9.17) is 9.94 Å². The molecular formula is C27H43NO5. The number of amides is 1. The zero-order chi connectivity index (χ0) is 24.0. The van der Waals surface area contributed by atoms with Crippen LogP contribution in [-0.2, 0) is 14.4 Å². The van der Waals surface area contributed by atoms with Crippen LogP contribution in [0.3, 0.4) is 0 Å². The number of hydrogen-bond acceptors (Lipinski definition) is 4. The largest absolute Gasteiger partial charge is 0.480 e. The number of carboxylic acid groups (broad SMARTS) is 1. The Morgan fingerprint density at radius 1 is 1.18 bits per heavy atom. The standard InChI is InChI=1S/C27H43NO5/c1-17(5-10-24(30)28(33-4)16-25(31)32)21-8-9-22-20-7-6-18-15-19(29)11-13-26(18,2)23(20)12-14-27(21,22)3/h6,17,19-23,29H,5,7-16H2,1-4H3,(H,31,32)/t17?,19-,20-,21+,22-,23-,26-,27+/m0/s1. The Hall–Kier alpha value is -1.40. The highest BCUT2D eigenvalue weighted by Gasteiger charge is 2.59. The van der Waals surface area contributed by atoms with Crippen LogP contribution < -0.4 is 0 Å². The number of carbonyl (C=O) groups is 2. The molecule has 3 fully saturated rings. The Kier molecular flexibility index (Phi) is 6.99. The van der Waals surface area contributed by atoms with Gasteiger partial charge in [-0.05, 0) is 98.2 Å². The minimum atomic E-state index is -1.06. The van der Waals surface area contributed by atoms with Crippen molar-refractivity contribution < 1.29 is 24.6 Å². The Labute approximate surface area is 198 Å². The monoisotopic (exact) mass is 461 g/mol. The molecule has 0 aliphatic heterocycles. The fourth-order valence-corrected chi connectivity index (χ4v) is 8.67. The summed E-state index contributed by atoms with van der Waals surface area (Å²) in [6.45, 7) is 6.86. The molecule has 0 aromatic heterocycles. The zero-order valence-corrected chi connectivity index (χ0v) is 20.9. The minimum absolute atomic E-state index is 0.154. The van der Waals surface area contributed by atoms with Gasteiger partial charge in [-0.15, -0.1) is 0 Å². The van der Waals surface area contributed by atoms with Crippen LogP contribution in [0.1, 0.15) is 85.0 Å². The number of nitrogens with zero attached hydrogens (tertiary/aromatic N) is 1. The average Bonchev–Trinajstić information content (AvgIpc) is 3.13. The molecule has 0 bridgehead atoms. The normalized spacial score (nSPS) is 40.8. The molecule has 0 heterocycles. The van der Waals surface area contributed by atoms with Gasteiger partial charge in [0.2, 0.25) is 5.91 Å². The summed E-state index contributed by atoms with van der Waals surface area (Å²) in [5.41, 5.74) is 2.12. The van der Waals surface area contributed by atoms with Crippen LogP contribution in [0.15, 0.2) is 11.6 Å². The lowest BCUT2D eigenvalue weighted by Gasteiger charge is -2.58. The van der Waals surface area contributed by atoms with Gasteiger partial charge in [-0.25, -0.2) is 5.06 Å². The van der Waals surface area contributed by atoms with E-state index >= 15 is 0 Å². The molecule has 4 rings (SSSR count). The van der Waals surface area contributed by atoms with Gasteiger partial charge in [0.25, 0.3) is 0 Å². The summed E-state index contributed by atoms with van der Waals surface area (Å²) in [7, 11) is 1.35. The SMILES string of the molecule is CON(CC(=O)O)C(=O)CCC(C)[C@H]1CC[C@H]2[C@@H]3CC=C4C[C@@H](O)CC[C@]4(C)[C@H]3CC[C@]12C. The van der Waals surface area contributed by atoms with E-state index in [2.05, 4.69) is 26.8 Å². The molecular weight excluding hydrogens is 418 g/mol. The van der Waals surface area contributed by atoms with Crippen LogP contribution in [0, 0.1) is 40.4 Å². The fraction of sp³-hybridized carbons (Fsp3) is 0.852. The van der Waals surface area contributed by atoms with E-state index in [1.807, 2.05) is 0 Å². The second-order valence-electron chi connectivity index (χ2n) is 11.9. The molecule has 1 amide bonds. The molecule has 6 heteroatoms. The maximum atomic E-state index is 12.5. The van der Waals surface area contributed by atoms with Gasteiger partial charge in [0.1, 0.15) is 6.54 Å². The number of aliphatic hydroxyl groups is 1. The first-order valence-electron chi connectivity index (χ1n) is 13.0. The molecule has 3 saturated carbocycles. The van der Waals surface area contributed by atoms with Crippen molar-refractivity contribution in [3.8, 4) is 0 Å². The second kappa shape index (κ2) is 9.33. The van der Waals surface area contributed by atoms with E-state index < -0.39 is 12.5 Å². The van der Waals surface area contributed by atoms with E-state index in [0.717, 1.165) is 48.5 Å². The molecule has 0 aromatic rings. The van der Waals surface area contributed by atoms with Gasteiger partial charge in [-0.1, -0.05) is 32.4 Å². The number of aliphatic hydroxyl groups excluding tert-OH is 1. The van der Waals surface area contributed by atoms with Gasteiger partial charge in [0, 0.05) is 6.42 Å². The van der Waals surface area contributed by atoms with E-state index in [1.54, 1.807) is 0 Å². The molecule has 33 heavy (non-hydrogen) atoms. The van der Waals surface area contributed by atoms with Crippen LogP contribution in [0.2, 0.25) is 0 Å². The molecule has 4 aliphatic carbocycles. The molecule has 6 nitrogen and oxygen atoms in total. The van der Waals surface area contributed by atoms with Gasteiger partial charge in [-0.2, -0.15) is 0 Å². The number of hydroxylamine groups is 2. The van der Waals surface area contributed by atoms with Gasteiger partial charge in [0.15, 0.2) is 0 Å². The first kappa shape index (κ1) is 24.7. The lowest BCUT2D eigenvalue weighted by Crippen LogP contribution is -2.50. The molecule has 4 aliphatic rings. The summed E-state index contributed by atoms with van der Waals surface area (Å²) in [5, 5.41) is 20.2. The first-order chi connectivity index (χ1) is 15.6. The van der Waals surface area contributed by atoms with Crippen LogP contribution in [-0.4, -0.2) is 46.9 Å². The van der Waals surface area contributed by atoms with Crippen LogP contribution >= 0.6 is 0 Å². The highest BCUT2D eigenvalue weighted by molar-refractivity contribution is 5.80. The quantitative estimate of drug-likeness (QED) is 0.419. The average molecular weight is 462 g/mol. The Morgan fingerprint density at radius 3 is 2.64 bits per heavy atom. The van der Waals surface area contributed by atoms with Gasteiger partial charge >= 0.3 is 5.97 Å². The Morgan fingerprint density at radius 2 is 1.94 bits per heavy atom. The number of fused-ring (bicyclic) bond motifs is 5. The van der Waals surface area contributed by atoms with Crippen molar-refractivity contribution in [1.82, 2.24) is 5.06 Å². The Balaban J connectivity index is 1.42. The van der Waals surface area contributed by atoms with Crippen LogP contribution in [0.4, 0.5) is 0 Å². The molecule has 0 spiro atoms. The maximum absolute atomic E-state index is 12.5. The molecule has 8 atom stereocenters. The third-order valence-corrected chi connectivity index (χ3v) is 10.4. The van der Waals surface area contributed by atoms with Crippen molar-refractivity contribution in [3.63, 3.8) is 0 Å². The lowest BCUT2D eigenvalue weighted by molar-refractivity contribution is -0.183. The van der Waals surface area contributed by atoms with Crippen molar-refractivity contribution in [2.75, 3.05) is 13.7 Å². The number of rotatable bonds is 7. The number of aliphatic carboxylic acids is 1. The van der Waals surface area contributed by atoms with E-state index in [0.29, 0.717) is 23.7 Å². The lowest BCUT2D eigenvalue weighted by atomic mass is 9.47. The summed E-state index contributed by atoms with van der Waals surface area (Å²) in [5.74, 6) is 1.95. The van der Waals surface area contributed by atoms with Gasteiger partial charge in [-0.3, -0.25) is 14.4 Å². The Bertz CT molecular complexity index is 795. The molecule has 0 saturated heterocycles. The van der Waals surface area contributed by atoms with Crippen molar-refractivity contribution in [2.24, 2.45) is 40.4 Å². The maximum Gasteiger partial charge on any atom is 0.325 e. The zero-order valence-electron chi connectivity index (χ0n) is 20.9. The first-order valence-corrected chi connectivity index (χ1v) is 13.0. The predicted molar refractivity (Wildman–Crippen MR) is 126 cm³/mol. The smallest absolute Gasteiger partial charge is 0.325 e. The molecule has 0 aromatic carbocycles. The topological polar surface area (TPSA) is 87.1 Å². The van der Waals surface area contributed by atoms with E-state index in [1.165, 1.54) is 44.8 Å². The molecule has 0 radical (unpaired) electrons. The fourth-order valence-electron chi connectivity index (χ4n) is 8.67. The summed E-state index contributed by atoms with van der Waals surface area (Å²) in [4.78, 5) is 28.4. The summed E-state index contributed by atoms with van der Waals surface area (Å²) in [6, 6.07) is 0. The van der Waals surface area contributed by atoms with Gasteiger partial charge in [0.05, 0.1) is 13.2 Å².